The molecule has 0 spiro atoms. The molecule has 0 bridgehead atoms. The lowest BCUT2D eigenvalue weighted by Crippen LogP contribution is -2.43. The van der Waals surface area contributed by atoms with Gasteiger partial charge in [0.2, 0.25) is 0 Å². The van der Waals surface area contributed by atoms with Gasteiger partial charge in [0.15, 0.2) is 7.85 Å². The second kappa shape index (κ2) is 2.73. The maximum atomic E-state index is 12.7. The summed E-state index contributed by atoms with van der Waals surface area (Å²) < 4.78 is 37.9. The molecule has 0 aromatic carbocycles. The first-order valence-corrected chi connectivity index (χ1v) is 3.63. The van der Waals surface area contributed by atoms with E-state index < -0.39 is 17.1 Å². The van der Waals surface area contributed by atoms with Crippen molar-refractivity contribution in [3.63, 3.8) is 0 Å². The topological polar surface area (TPSA) is 0 Å². The van der Waals surface area contributed by atoms with Crippen molar-refractivity contribution in [2.75, 3.05) is 0 Å². The third kappa shape index (κ3) is 1.88. The molecule has 2 unspecified atom stereocenters. The quantitative estimate of drug-likeness (QED) is 0.434. The van der Waals surface area contributed by atoms with E-state index in [1.54, 1.807) is 0 Å². The van der Waals surface area contributed by atoms with Crippen LogP contribution in [0.5, 0.6) is 0 Å². The van der Waals surface area contributed by atoms with Crippen molar-refractivity contribution >= 4 is 17.1 Å². The van der Waals surface area contributed by atoms with Crippen LogP contribution in [0.2, 0.25) is 0 Å². The number of rotatable bonds is 2. The fourth-order valence-electron chi connectivity index (χ4n) is 0.564. The molecule has 0 aliphatic rings. The van der Waals surface area contributed by atoms with Crippen LogP contribution >= 0.6 is 9.24 Å². The molecule has 0 aromatic heterocycles. The van der Waals surface area contributed by atoms with Crippen molar-refractivity contribution in [3.8, 4) is 0 Å². The molecule has 0 aliphatic heterocycles. The molecule has 10 heavy (non-hydrogen) atoms. The highest BCUT2D eigenvalue weighted by atomic mass is 31.0. The van der Waals surface area contributed by atoms with Crippen LogP contribution in [0.1, 0.15) is 13.8 Å². The third-order valence-electron chi connectivity index (χ3n) is 1.38. The molecule has 0 fully saturated rings. The van der Waals surface area contributed by atoms with E-state index in [4.69, 9.17) is 0 Å². The molecule has 0 nitrogen and oxygen atoms in total. The summed E-state index contributed by atoms with van der Waals surface area (Å²) in [6, 6.07) is 0. The fourth-order valence-corrected chi connectivity index (χ4v) is 0.898. The van der Waals surface area contributed by atoms with Crippen LogP contribution in [0, 0.1) is 5.92 Å². The Morgan fingerprint density at radius 1 is 1.30 bits per heavy atom. The zero-order chi connectivity index (χ0) is 8.58. The minimum absolute atomic E-state index is 0.859. The van der Waals surface area contributed by atoms with Crippen molar-refractivity contribution in [2.24, 2.45) is 5.92 Å². The molecule has 0 heterocycles. The standard InChI is InChI=1S/C5H11BF3P/c1-3(2)4(7,8)5(6,9)10/h3H,6,10H2,1-2H3. The number of halogens is 3. The van der Waals surface area contributed by atoms with E-state index in [0.717, 1.165) is 7.85 Å². The van der Waals surface area contributed by atoms with E-state index >= 15 is 0 Å². The molecular formula is C5H11BF3P. The predicted molar refractivity (Wildman–Crippen MR) is 41.9 cm³/mol. The van der Waals surface area contributed by atoms with Crippen LogP contribution in [-0.4, -0.2) is 19.1 Å². The number of hydrogen-bond acceptors (Lipinski definition) is 0. The van der Waals surface area contributed by atoms with Gasteiger partial charge < -0.3 is 0 Å². The second-order valence-corrected chi connectivity index (χ2v) is 3.94. The van der Waals surface area contributed by atoms with Crippen molar-refractivity contribution in [1.82, 2.24) is 0 Å². The van der Waals surface area contributed by atoms with Crippen molar-refractivity contribution < 1.29 is 13.2 Å². The Morgan fingerprint density at radius 3 is 1.60 bits per heavy atom. The largest absolute Gasteiger partial charge is 0.278 e. The van der Waals surface area contributed by atoms with Crippen LogP contribution in [0.3, 0.4) is 0 Å². The smallest absolute Gasteiger partial charge is 0.243 e. The Labute approximate surface area is 62.2 Å². The fraction of sp³-hybridized carbons (Fsp3) is 1.00. The van der Waals surface area contributed by atoms with Gasteiger partial charge in [-0.1, -0.05) is 13.8 Å². The summed E-state index contributed by atoms with van der Waals surface area (Å²) in [5.41, 5.74) is 0. The first kappa shape index (κ1) is 10.3. The Morgan fingerprint density at radius 2 is 1.60 bits per heavy atom. The maximum absolute atomic E-state index is 12.7. The summed E-state index contributed by atoms with van der Waals surface area (Å²) in [5, 5.41) is -2.50. The molecule has 0 aromatic rings. The minimum Gasteiger partial charge on any atom is -0.243 e. The summed E-state index contributed by atoms with van der Waals surface area (Å²) in [7, 11) is 2.37. The van der Waals surface area contributed by atoms with Gasteiger partial charge in [0, 0.05) is 5.92 Å². The first-order valence-electron chi connectivity index (χ1n) is 3.05. The highest BCUT2D eigenvalue weighted by Gasteiger charge is 2.49. The Hall–Kier alpha value is 0.285. The Kier molecular flexibility index (Phi) is 2.81. The van der Waals surface area contributed by atoms with Crippen LogP contribution < -0.4 is 0 Å². The van der Waals surface area contributed by atoms with Gasteiger partial charge in [-0.3, -0.25) is 0 Å². The average molecular weight is 170 g/mol. The molecular weight excluding hydrogens is 159 g/mol. The van der Waals surface area contributed by atoms with Gasteiger partial charge in [0.25, 0.3) is 5.92 Å². The zero-order valence-electron chi connectivity index (χ0n) is 6.29. The van der Waals surface area contributed by atoms with E-state index in [1.165, 1.54) is 23.1 Å². The summed E-state index contributed by atoms with van der Waals surface area (Å²) in [6.45, 7) is 2.59. The summed E-state index contributed by atoms with van der Waals surface area (Å²) in [4.78, 5) is 0. The van der Waals surface area contributed by atoms with Crippen LogP contribution in [0.15, 0.2) is 0 Å². The molecule has 0 saturated heterocycles. The Balaban J connectivity index is 4.40. The lowest BCUT2D eigenvalue weighted by atomic mass is 9.87. The SMILES string of the molecule is BC(F)(P)C(F)(F)C(C)C. The van der Waals surface area contributed by atoms with Crippen LogP contribution in [0.25, 0.3) is 0 Å². The highest BCUT2D eigenvalue weighted by molar-refractivity contribution is 7.22. The summed E-state index contributed by atoms with van der Waals surface area (Å²) >= 11 is 0. The van der Waals surface area contributed by atoms with E-state index in [-0.39, 0.29) is 0 Å². The zero-order valence-corrected chi connectivity index (χ0v) is 7.44. The van der Waals surface area contributed by atoms with E-state index in [2.05, 4.69) is 0 Å². The summed E-state index contributed by atoms with van der Waals surface area (Å²) in [6.07, 6.45) is 0. The van der Waals surface area contributed by atoms with Crippen LogP contribution in [0.4, 0.5) is 13.2 Å². The van der Waals surface area contributed by atoms with Gasteiger partial charge in [-0.2, -0.15) is 0 Å². The van der Waals surface area contributed by atoms with Gasteiger partial charge in [-0.25, -0.2) is 13.2 Å². The molecule has 0 aliphatic carbocycles. The summed E-state index contributed by atoms with van der Waals surface area (Å²) in [5.74, 6) is -4.24. The van der Waals surface area contributed by atoms with Crippen molar-refractivity contribution in [2.45, 2.75) is 25.1 Å². The van der Waals surface area contributed by atoms with Crippen LogP contribution in [-0.2, 0) is 0 Å². The van der Waals surface area contributed by atoms with Gasteiger partial charge in [0.05, 0.1) is 0 Å². The normalized spacial score (nSPS) is 19.1. The van der Waals surface area contributed by atoms with Crippen molar-refractivity contribution in [3.05, 3.63) is 0 Å². The molecule has 2 atom stereocenters. The number of hydrogen-bond donors (Lipinski definition) is 0. The van der Waals surface area contributed by atoms with Gasteiger partial charge >= 0.3 is 0 Å². The second-order valence-electron chi connectivity index (χ2n) is 2.85. The van der Waals surface area contributed by atoms with E-state index in [0.29, 0.717) is 0 Å². The third-order valence-corrected chi connectivity index (χ3v) is 1.76. The number of alkyl halides is 3. The predicted octanol–water partition coefficient (Wildman–Crippen LogP) is 1.41. The highest BCUT2D eigenvalue weighted by Crippen LogP contribution is 2.40. The molecule has 60 valence electrons. The molecule has 0 N–H and O–H groups in total. The van der Waals surface area contributed by atoms with E-state index in [9.17, 15) is 13.2 Å². The molecule has 0 rings (SSSR count). The lowest BCUT2D eigenvalue weighted by Gasteiger charge is -2.29. The van der Waals surface area contributed by atoms with Gasteiger partial charge in [-0.15, -0.1) is 9.24 Å². The molecule has 5 heteroatoms. The monoisotopic (exact) mass is 170 g/mol. The van der Waals surface area contributed by atoms with Gasteiger partial charge in [-0.05, 0) is 0 Å². The van der Waals surface area contributed by atoms with E-state index in [1.807, 2.05) is 0 Å². The first-order chi connectivity index (χ1) is 4.19. The Bertz CT molecular complexity index is 119. The lowest BCUT2D eigenvalue weighted by molar-refractivity contribution is -0.0938. The van der Waals surface area contributed by atoms with Gasteiger partial charge in [0.1, 0.15) is 5.31 Å². The molecule has 0 saturated carbocycles. The molecule has 0 amide bonds. The minimum atomic E-state index is -3.27. The van der Waals surface area contributed by atoms with Crippen molar-refractivity contribution in [1.29, 1.82) is 0 Å². The average Bonchev–Trinajstić information content (AvgIpc) is 1.62. The molecule has 0 radical (unpaired) electrons. The maximum Gasteiger partial charge on any atom is 0.278 e.